The molecule has 0 bridgehead atoms. The summed E-state index contributed by atoms with van der Waals surface area (Å²) in [5, 5.41) is 9.67. The Labute approximate surface area is 210 Å². The third-order valence-electron chi connectivity index (χ3n) is 6.06. The molecule has 0 spiro atoms. The summed E-state index contributed by atoms with van der Waals surface area (Å²) < 4.78 is 0. The van der Waals surface area contributed by atoms with Gasteiger partial charge in [-0.25, -0.2) is 0 Å². The van der Waals surface area contributed by atoms with Crippen molar-refractivity contribution in [2.24, 2.45) is 5.92 Å². The van der Waals surface area contributed by atoms with Crippen LogP contribution in [0.2, 0.25) is 0 Å². The molecular formula is C30H48N2S. The summed E-state index contributed by atoms with van der Waals surface area (Å²) in [5.41, 5.74) is 4.57. The van der Waals surface area contributed by atoms with Crippen molar-refractivity contribution >= 4 is 11.8 Å². The number of rotatable bonds is 6. The van der Waals surface area contributed by atoms with Crippen LogP contribution in [0.5, 0.6) is 0 Å². The average Bonchev–Trinajstić information content (AvgIpc) is 2.86. The highest BCUT2D eigenvalue weighted by molar-refractivity contribution is 8.07. The van der Waals surface area contributed by atoms with Crippen molar-refractivity contribution in [3.8, 4) is 24.0 Å². The van der Waals surface area contributed by atoms with Crippen LogP contribution in [-0.4, -0.2) is 19.1 Å². The molecule has 1 saturated carbocycles. The van der Waals surface area contributed by atoms with Crippen LogP contribution in [0.15, 0.2) is 46.6 Å². The molecular weight excluding hydrogens is 420 g/mol. The van der Waals surface area contributed by atoms with Gasteiger partial charge in [-0.05, 0) is 91.6 Å². The molecule has 0 aromatic heterocycles. The Morgan fingerprint density at radius 3 is 2.27 bits per heavy atom. The molecule has 33 heavy (non-hydrogen) atoms. The molecule has 1 fully saturated rings. The normalized spacial score (nSPS) is 18.0. The van der Waals surface area contributed by atoms with Gasteiger partial charge in [0.25, 0.3) is 0 Å². The lowest BCUT2D eigenvalue weighted by Gasteiger charge is -2.41. The minimum Gasteiger partial charge on any atom is -0.392 e. The third-order valence-corrected chi connectivity index (χ3v) is 6.79. The highest BCUT2D eigenvalue weighted by Crippen LogP contribution is 2.38. The van der Waals surface area contributed by atoms with Crippen molar-refractivity contribution in [1.82, 2.24) is 10.6 Å². The second kappa shape index (κ2) is 18.6. The Morgan fingerprint density at radius 1 is 1.21 bits per heavy atom. The fourth-order valence-corrected chi connectivity index (χ4v) is 4.48. The van der Waals surface area contributed by atoms with Gasteiger partial charge in [0.2, 0.25) is 0 Å². The zero-order chi connectivity index (χ0) is 25.1. The SMILES string of the molecule is C#C.C=C(C)NC.CC1=CCC#CS1.CCCNC1(C2=CCCC(C(C)C)=C2)CCCCC1. The van der Waals surface area contributed by atoms with Crippen LogP contribution in [-0.2, 0) is 0 Å². The second-order valence-corrected chi connectivity index (χ2v) is 10.1. The minimum absolute atomic E-state index is 0.300. The molecule has 3 aliphatic rings. The number of hydrogen-bond acceptors (Lipinski definition) is 3. The predicted molar refractivity (Wildman–Crippen MR) is 152 cm³/mol. The van der Waals surface area contributed by atoms with E-state index in [1.807, 2.05) is 14.0 Å². The molecule has 0 atom stereocenters. The Balaban J connectivity index is 0.000000599. The van der Waals surface area contributed by atoms with E-state index in [-0.39, 0.29) is 0 Å². The highest BCUT2D eigenvalue weighted by atomic mass is 32.2. The fraction of sp³-hybridized carbons (Fsp3) is 0.600. The lowest BCUT2D eigenvalue weighted by molar-refractivity contribution is 0.277. The first-order chi connectivity index (χ1) is 15.8. The summed E-state index contributed by atoms with van der Waals surface area (Å²) in [6.45, 7) is 15.7. The summed E-state index contributed by atoms with van der Waals surface area (Å²) in [7, 11) is 1.85. The molecule has 1 aliphatic heterocycles. The van der Waals surface area contributed by atoms with Crippen molar-refractivity contribution in [1.29, 1.82) is 0 Å². The summed E-state index contributed by atoms with van der Waals surface area (Å²) in [5.74, 6) is 3.66. The minimum atomic E-state index is 0.300. The largest absolute Gasteiger partial charge is 0.392 e. The van der Waals surface area contributed by atoms with Gasteiger partial charge >= 0.3 is 0 Å². The first-order valence-electron chi connectivity index (χ1n) is 12.5. The molecule has 0 aromatic carbocycles. The molecule has 2 aliphatic carbocycles. The molecule has 184 valence electrons. The number of nitrogens with one attached hydrogen (secondary N) is 2. The maximum Gasteiger partial charge on any atom is 0.0431 e. The van der Waals surface area contributed by atoms with Gasteiger partial charge in [0.15, 0.2) is 0 Å². The van der Waals surface area contributed by atoms with Crippen LogP contribution in [0.1, 0.15) is 92.4 Å². The third kappa shape index (κ3) is 12.9. The fourth-order valence-electron chi connectivity index (χ4n) is 4.00. The van der Waals surface area contributed by atoms with Crippen LogP contribution >= 0.6 is 11.8 Å². The zero-order valence-electron chi connectivity index (χ0n) is 22.2. The van der Waals surface area contributed by atoms with E-state index in [1.54, 1.807) is 22.9 Å². The maximum absolute atomic E-state index is 4.00. The van der Waals surface area contributed by atoms with E-state index in [0.29, 0.717) is 11.5 Å². The van der Waals surface area contributed by atoms with Gasteiger partial charge in [0.05, 0.1) is 0 Å². The smallest absolute Gasteiger partial charge is 0.0431 e. The van der Waals surface area contributed by atoms with Gasteiger partial charge in [-0.1, -0.05) is 76.3 Å². The van der Waals surface area contributed by atoms with E-state index in [9.17, 15) is 0 Å². The first-order valence-corrected chi connectivity index (χ1v) is 13.3. The number of thioether (sulfide) groups is 1. The van der Waals surface area contributed by atoms with Gasteiger partial charge in [0.1, 0.15) is 0 Å². The summed E-state index contributed by atoms with van der Waals surface area (Å²) in [4.78, 5) is 1.33. The second-order valence-electron chi connectivity index (χ2n) is 9.07. The van der Waals surface area contributed by atoms with Crippen molar-refractivity contribution in [3.63, 3.8) is 0 Å². The van der Waals surface area contributed by atoms with Crippen molar-refractivity contribution in [2.45, 2.75) is 97.9 Å². The lowest BCUT2D eigenvalue weighted by Crippen LogP contribution is -2.48. The molecule has 3 rings (SSSR count). The van der Waals surface area contributed by atoms with E-state index in [0.717, 1.165) is 18.7 Å². The Morgan fingerprint density at radius 2 is 1.85 bits per heavy atom. The van der Waals surface area contributed by atoms with E-state index in [4.69, 9.17) is 0 Å². The van der Waals surface area contributed by atoms with Gasteiger partial charge in [-0.15, -0.1) is 12.8 Å². The van der Waals surface area contributed by atoms with Crippen molar-refractivity contribution in [2.75, 3.05) is 13.6 Å². The molecule has 0 unspecified atom stereocenters. The Bertz CT molecular complexity index is 734. The van der Waals surface area contributed by atoms with E-state index in [2.05, 4.69) is 87.2 Å². The van der Waals surface area contributed by atoms with Crippen LogP contribution in [0.4, 0.5) is 0 Å². The van der Waals surface area contributed by atoms with E-state index in [1.165, 1.54) is 56.3 Å². The monoisotopic (exact) mass is 468 g/mol. The average molecular weight is 469 g/mol. The van der Waals surface area contributed by atoms with Gasteiger partial charge < -0.3 is 10.6 Å². The van der Waals surface area contributed by atoms with Gasteiger partial charge in [0, 0.05) is 19.0 Å². The molecule has 2 nitrogen and oxygen atoms in total. The maximum atomic E-state index is 4.00. The molecule has 3 heteroatoms. The van der Waals surface area contributed by atoms with Crippen LogP contribution in [0.25, 0.3) is 0 Å². The quantitative estimate of drug-likeness (QED) is 0.386. The molecule has 2 N–H and O–H groups in total. The molecule has 0 amide bonds. The van der Waals surface area contributed by atoms with Crippen molar-refractivity contribution in [3.05, 3.63) is 46.6 Å². The zero-order valence-corrected chi connectivity index (χ0v) is 23.0. The molecule has 0 saturated heterocycles. The molecule has 0 aromatic rings. The number of hydrogen-bond donors (Lipinski definition) is 2. The topological polar surface area (TPSA) is 24.1 Å². The summed E-state index contributed by atoms with van der Waals surface area (Å²) in [6, 6.07) is 0. The predicted octanol–water partition coefficient (Wildman–Crippen LogP) is 7.97. The van der Waals surface area contributed by atoms with Crippen LogP contribution in [0.3, 0.4) is 0 Å². The lowest BCUT2D eigenvalue weighted by atomic mass is 9.73. The number of allylic oxidation sites excluding steroid dienone is 5. The Kier molecular flexibility index (Phi) is 17.6. The highest BCUT2D eigenvalue weighted by Gasteiger charge is 2.34. The van der Waals surface area contributed by atoms with Gasteiger partial charge in [-0.2, -0.15) is 0 Å². The molecule has 0 radical (unpaired) electrons. The van der Waals surface area contributed by atoms with Crippen LogP contribution < -0.4 is 10.6 Å². The first kappa shape index (κ1) is 31.2. The van der Waals surface area contributed by atoms with E-state index < -0.39 is 0 Å². The number of terminal acetylenes is 1. The Hall–Kier alpha value is -1.81. The summed E-state index contributed by atoms with van der Waals surface area (Å²) >= 11 is 1.62. The van der Waals surface area contributed by atoms with Crippen molar-refractivity contribution < 1.29 is 0 Å². The van der Waals surface area contributed by atoms with Gasteiger partial charge in [-0.3, -0.25) is 0 Å². The van der Waals surface area contributed by atoms with E-state index >= 15 is 0 Å². The molecule has 1 heterocycles. The summed E-state index contributed by atoms with van der Waals surface area (Å²) in [6.07, 6.45) is 26.7. The van der Waals surface area contributed by atoms with Crippen LogP contribution in [0, 0.1) is 29.9 Å². The standard InChI is InChI=1S/C18H31N.C6H6S.C4H9N.C2H2/c1-4-13-19-18(11-6-5-7-12-18)17-10-8-9-16(14-17)15(2)3;1-6-4-2-3-5-7-6;1-4(2)5-3;1-2/h10,14-15,19H,4-9,11-13H2,1-3H3;4H,2H2,1H3;5H,1H2,2-3H3;1-2H.